The molecule has 1 unspecified atom stereocenters. The second kappa shape index (κ2) is 21.3. The summed E-state index contributed by atoms with van der Waals surface area (Å²) in [5.41, 5.74) is 0.836. The highest BCUT2D eigenvalue weighted by Gasteiger charge is 2.46. The minimum Gasteiger partial charge on any atom is -0.485 e. The van der Waals surface area contributed by atoms with Crippen LogP contribution in [-0.2, 0) is 46.5 Å². The number of esters is 2. The lowest BCUT2D eigenvalue weighted by molar-refractivity contribution is -0.172. The highest BCUT2D eigenvalue weighted by molar-refractivity contribution is 5.90. The van der Waals surface area contributed by atoms with Gasteiger partial charge in [-0.05, 0) is 38.3 Å². The summed E-state index contributed by atoms with van der Waals surface area (Å²) in [6, 6.07) is 18.8. The van der Waals surface area contributed by atoms with Gasteiger partial charge in [0.1, 0.15) is 19.3 Å². The number of rotatable bonds is 24. The summed E-state index contributed by atoms with van der Waals surface area (Å²) in [6.45, 7) is 7.63. The van der Waals surface area contributed by atoms with Gasteiger partial charge in [0.05, 0.1) is 11.3 Å². The highest BCUT2D eigenvalue weighted by atomic mass is 16.6. The van der Waals surface area contributed by atoms with Crippen molar-refractivity contribution in [3.05, 3.63) is 83.3 Å². The van der Waals surface area contributed by atoms with Crippen molar-refractivity contribution < 1.29 is 38.4 Å². The minimum atomic E-state index is -1.16. The molecule has 0 saturated carbocycles. The Morgan fingerprint density at radius 3 is 1.73 bits per heavy atom. The van der Waals surface area contributed by atoms with Gasteiger partial charge in [-0.15, -0.1) is 0 Å². The number of cyclic esters (lactones) is 1. The van der Waals surface area contributed by atoms with Crippen molar-refractivity contribution in [2.45, 2.75) is 143 Å². The van der Waals surface area contributed by atoms with Crippen LogP contribution in [0, 0.1) is 11.3 Å². The average molecular weight is 679 g/mol. The number of hydrogen-bond donors (Lipinski definition) is 1. The van der Waals surface area contributed by atoms with E-state index < -0.39 is 41.4 Å². The molecular weight excluding hydrogens is 620 g/mol. The van der Waals surface area contributed by atoms with Crippen LogP contribution in [0.4, 0.5) is 0 Å². The quantitative estimate of drug-likeness (QED) is 0.0864. The van der Waals surface area contributed by atoms with Gasteiger partial charge in [-0.2, -0.15) is 0 Å². The topological polar surface area (TPSA) is 108 Å². The first-order chi connectivity index (χ1) is 23.6. The largest absolute Gasteiger partial charge is 0.485 e. The zero-order chi connectivity index (χ0) is 35.5. The number of carbonyl (C=O) groups is 3. The lowest BCUT2D eigenvalue weighted by Gasteiger charge is -2.29. The van der Waals surface area contributed by atoms with Crippen molar-refractivity contribution in [1.82, 2.24) is 0 Å². The van der Waals surface area contributed by atoms with Gasteiger partial charge < -0.3 is 24.1 Å². The van der Waals surface area contributed by atoms with Gasteiger partial charge in [-0.3, -0.25) is 9.59 Å². The third-order valence-corrected chi connectivity index (χ3v) is 8.85. The van der Waals surface area contributed by atoms with E-state index in [1.807, 2.05) is 60.7 Å². The molecule has 0 spiro atoms. The molecule has 3 rings (SSSR count). The summed E-state index contributed by atoms with van der Waals surface area (Å²) in [6.07, 6.45) is 12.4. The van der Waals surface area contributed by atoms with Crippen LogP contribution in [0.1, 0.15) is 129 Å². The molecule has 3 atom stereocenters. The number of hydrogen-bond acceptors (Lipinski definition) is 7. The predicted molar refractivity (Wildman–Crippen MR) is 190 cm³/mol. The molecule has 49 heavy (non-hydrogen) atoms. The molecular formula is C41H58O8. The summed E-state index contributed by atoms with van der Waals surface area (Å²) < 4.78 is 24.0. The maximum absolute atomic E-state index is 13.3. The number of carboxylic acids is 1. The molecule has 2 aromatic rings. The maximum atomic E-state index is 13.3. The van der Waals surface area contributed by atoms with Crippen LogP contribution in [0.2, 0.25) is 0 Å². The Labute approximate surface area is 293 Å². The third kappa shape index (κ3) is 14.3. The Hall–Kier alpha value is -3.81. The number of carbonyl (C=O) groups excluding carboxylic acids is 2. The second-order valence-electron chi connectivity index (χ2n) is 14.2. The van der Waals surface area contributed by atoms with E-state index in [1.165, 1.54) is 51.4 Å². The predicted octanol–water partition coefficient (Wildman–Crippen LogP) is 9.70. The standard InChI is InChI=1S/C41H58O8/c1-5-6-7-8-9-10-11-12-13-14-15-22-27-33(38(42)43)28-34(48-40(45)41(2,3)4)35-36(46-29-31-23-18-16-19-24-31)37(39(44)49-35)47-30-32-25-20-17-21-26-32/h16-21,23-26,33-35H,5-15,22,27-30H2,1-4H3,(H,42,43)/t33?,34-,35+/m0/s1. The first kappa shape index (κ1) is 39.6. The lowest BCUT2D eigenvalue weighted by atomic mass is 9.91. The van der Waals surface area contributed by atoms with Crippen LogP contribution in [0.3, 0.4) is 0 Å². The average Bonchev–Trinajstić information content (AvgIpc) is 3.40. The molecule has 8 heteroatoms. The Morgan fingerprint density at radius 2 is 1.24 bits per heavy atom. The van der Waals surface area contributed by atoms with E-state index in [0.29, 0.717) is 6.42 Å². The zero-order valence-corrected chi connectivity index (χ0v) is 30.1. The van der Waals surface area contributed by atoms with Gasteiger partial charge in [0, 0.05) is 6.42 Å². The van der Waals surface area contributed by atoms with Crippen molar-refractivity contribution in [3.8, 4) is 0 Å². The monoisotopic (exact) mass is 678 g/mol. The molecule has 1 heterocycles. The van der Waals surface area contributed by atoms with E-state index in [1.54, 1.807) is 20.8 Å². The van der Waals surface area contributed by atoms with Crippen molar-refractivity contribution in [2.24, 2.45) is 11.3 Å². The molecule has 1 aliphatic heterocycles. The molecule has 2 aromatic carbocycles. The number of aliphatic carboxylic acids is 1. The minimum absolute atomic E-state index is 0.0305. The van der Waals surface area contributed by atoms with Gasteiger partial charge in [0.15, 0.2) is 11.9 Å². The first-order valence-corrected chi connectivity index (χ1v) is 18.3. The number of benzene rings is 2. The van der Waals surface area contributed by atoms with Gasteiger partial charge >= 0.3 is 17.9 Å². The third-order valence-electron chi connectivity index (χ3n) is 8.85. The van der Waals surface area contributed by atoms with Gasteiger partial charge in [-0.25, -0.2) is 4.79 Å². The number of carboxylic acid groups (broad SMARTS) is 1. The van der Waals surface area contributed by atoms with E-state index in [4.69, 9.17) is 18.9 Å². The Balaban J connectivity index is 1.71. The van der Waals surface area contributed by atoms with Gasteiger partial charge in [0.25, 0.3) is 0 Å². The van der Waals surface area contributed by atoms with E-state index in [9.17, 15) is 19.5 Å². The van der Waals surface area contributed by atoms with Crippen LogP contribution < -0.4 is 0 Å². The molecule has 270 valence electrons. The molecule has 8 nitrogen and oxygen atoms in total. The van der Waals surface area contributed by atoms with E-state index in [0.717, 1.165) is 36.8 Å². The van der Waals surface area contributed by atoms with Crippen LogP contribution >= 0.6 is 0 Å². The van der Waals surface area contributed by atoms with E-state index >= 15 is 0 Å². The number of ether oxygens (including phenoxy) is 4. The smallest absolute Gasteiger partial charge is 0.378 e. The van der Waals surface area contributed by atoms with Gasteiger partial charge in [-0.1, -0.05) is 145 Å². The van der Waals surface area contributed by atoms with E-state index in [2.05, 4.69) is 6.92 Å². The summed E-state index contributed by atoms with van der Waals surface area (Å²) in [5.74, 6) is -3.04. The van der Waals surface area contributed by atoms with Gasteiger partial charge in [0.2, 0.25) is 5.76 Å². The normalized spacial score (nSPS) is 15.8. The van der Waals surface area contributed by atoms with Crippen LogP contribution in [-0.4, -0.2) is 35.2 Å². The molecule has 0 amide bonds. The van der Waals surface area contributed by atoms with Crippen LogP contribution in [0.5, 0.6) is 0 Å². The highest BCUT2D eigenvalue weighted by Crippen LogP contribution is 2.34. The molecule has 0 radical (unpaired) electrons. The Morgan fingerprint density at radius 1 is 0.755 bits per heavy atom. The fourth-order valence-electron chi connectivity index (χ4n) is 5.84. The molecule has 1 aliphatic rings. The molecule has 0 aliphatic carbocycles. The van der Waals surface area contributed by atoms with Crippen LogP contribution in [0.15, 0.2) is 72.2 Å². The van der Waals surface area contributed by atoms with Crippen molar-refractivity contribution in [2.75, 3.05) is 0 Å². The Bertz CT molecular complexity index is 1300. The lowest BCUT2D eigenvalue weighted by Crippen LogP contribution is -2.39. The van der Waals surface area contributed by atoms with Crippen molar-refractivity contribution >= 4 is 17.9 Å². The summed E-state index contributed by atoms with van der Waals surface area (Å²) in [4.78, 5) is 39.0. The fraction of sp³-hybridized carbons (Fsp3) is 0.585. The zero-order valence-electron chi connectivity index (χ0n) is 30.1. The summed E-state index contributed by atoms with van der Waals surface area (Å²) in [7, 11) is 0. The SMILES string of the molecule is CCCCCCCCCCCCCCC(C[C@H](OC(=O)C(C)(C)C)[C@H]1OC(=O)C(OCc2ccccc2)=C1OCc1ccccc1)C(=O)O. The van der Waals surface area contributed by atoms with Crippen LogP contribution in [0.25, 0.3) is 0 Å². The maximum Gasteiger partial charge on any atom is 0.378 e. The van der Waals surface area contributed by atoms with Crippen molar-refractivity contribution in [3.63, 3.8) is 0 Å². The molecule has 0 aromatic heterocycles. The van der Waals surface area contributed by atoms with Crippen molar-refractivity contribution in [1.29, 1.82) is 0 Å². The molecule has 0 fully saturated rings. The Kier molecular flexibility index (Phi) is 17.2. The second-order valence-corrected chi connectivity index (χ2v) is 14.2. The van der Waals surface area contributed by atoms with E-state index in [-0.39, 0.29) is 31.2 Å². The number of unbranched alkanes of at least 4 members (excludes halogenated alkanes) is 11. The summed E-state index contributed by atoms with van der Waals surface area (Å²) >= 11 is 0. The molecule has 0 saturated heterocycles. The fourth-order valence-corrected chi connectivity index (χ4v) is 5.84. The molecule has 0 bridgehead atoms. The summed E-state index contributed by atoms with van der Waals surface area (Å²) in [5, 5.41) is 10.3. The first-order valence-electron chi connectivity index (χ1n) is 18.3. The molecule has 1 N–H and O–H groups in total.